The van der Waals surface area contributed by atoms with Gasteiger partial charge in [-0.3, -0.25) is 14.2 Å². The maximum atomic E-state index is 13.6. The lowest BCUT2D eigenvalue weighted by atomic mass is 10.2. The number of thiazole rings is 1. The van der Waals surface area contributed by atoms with Gasteiger partial charge in [0.15, 0.2) is 14.8 Å². The molecule has 4 rings (SSSR count). The molecule has 2 aromatic heterocycles. The Hall–Kier alpha value is -2.75. The van der Waals surface area contributed by atoms with Gasteiger partial charge in [0.1, 0.15) is 4.70 Å². The van der Waals surface area contributed by atoms with Crippen LogP contribution >= 0.6 is 35.3 Å². The highest BCUT2D eigenvalue weighted by atomic mass is 32.2. The average Bonchev–Trinajstić information content (AvgIpc) is 3.17. The molecule has 4 aromatic rings. The van der Waals surface area contributed by atoms with Crippen molar-refractivity contribution in [2.24, 2.45) is 0 Å². The largest absolute Gasteiger partial charge is 0.343 e. The quantitative estimate of drug-likeness (QED) is 0.179. The highest BCUT2D eigenvalue weighted by Gasteiger charge is 2.19. The number of hydrogen-bond donors (Lipinski definition) is 0. The number of hydrogen-bond acceptors (Lipinski definition) is 6. The van der Waals surface area contributed by atoms with E-state index in [0.717, 1.165) is 11.1 Å². The van der Waals surface area contributed by atoms with Crippen LogP contribution in [0.1, 0.15) is 25.0 Å². The number of nitrogens with zero attached hydrogens (tertiary/aromatic N) is 4. The molecule has 34 heavy (non-hydrogen) atoms. The highest BCUT2D eigenvalue weighted by Crippen LogP contribution is 2.24. The van der Waals surface area contributed by atoms with Crippen molar-refractivity contribution in [3.8, 4) is 0 Å². The Morgan fingerprint density at radius 2 is 1.53 bits per heavy atom. The van der Waals surface area contributed by atoms with Gasteiger partial charge < -0.3 is 9.47 Å². The molecule has 0 unspecified atom stereocenters. The molecular weight excluding hydrogens is 485 g/mol. The Morgan fingerprint density at radius 1 is 0.971 bits per heavy atom. The van der Waals surface area contributed by atoms with Crippen molar-refractivity contribution >= 4 is 51.6 Å². The van der Waals surface area contributed by atoms with E-state index in [1.165, 1.54) is 23.1 Å². The minimum atomic E-state index is -0.130. The van der Waals surface area contributed by atoms with Crippen molar-refractivity contribution in [2.75, 3.05) is 18.8 Å². The molecule has 0 radical (unpaired) electrons. The van der Waals surface area contributed by atoms with Crippen LogP contribution in [0.3, 0.4) is 0 Å². The van der Waals surface area contributed by atoms with E-state index >= 15 is 0 Å². The van der Waals surface area contributed by atoms with Gasteiger partial charge in [-0.15, -0.1) is 0 Å². The number of fused-ring (bicyclic) bond motifs is 1. The van der Waals surface area contributed by atoms with Crippen LogP contribution in [0.25, 0.3) is 10.3 Å². The van der Waals surface area contributed by atoms with Crippen molar-refractivity contribution in [1.82, 2.24) is 19.0 Å². The van der Waals surface area contributed by atoms with Gasteiger partial charge in [-0.1, -0.05) is 83.8 Å². The molecule has 1 amide bonds. The van der Waals surface area contributed by atoms with E-state index in [0.29, 0.717) is 45.6 Å². The summed E-state index contributed by atoms with van der Waals surface area (Å²) in [6, 6.07) is 19.8. The minimum absolute atomic E-state index is 0.0297. The second kappa shape index (κ2) is 11.1. The Balaban J connectivity index is 1.79. The summed E-state index contributed by atoms with van der Waals surface area (Å²) in [6.07, 6.45) is 0. The number of carbonyl (C=O) groups excluding carboxylic acids is 1. The van der Waals surface area contributed by atoms with Crippen LogP contribution in [0.15, 0.2) is 70.6 Å². The molecular formula is C25H26N4O2S3. The summed E-state index contributed by atoms with van der Waals surface area (Å²) < 4.78 is 4.72. The third kappa shape index (κ3) is 5.32. The van der Waals surface area contributed by atoms with Crippen LogP contribution in [0.5, 0.6) is 0 Å². The zero-order valence-electron chi connectivity index (χ0n) is 19.1. The van der Waals surface area contributed by atoms with Crippen molar-refractivity contribution in [3.05, 3.63) is 86.1 Å². The SMILES string of the molecule is CCN(CC)C(=O)CSc1nc2c(sc(=S)n2Cc2ccccc2)c(=O)n1Cc1ccccc1. The Labute approximate surface area is 211 Å². The number of benzene rings is 2. The zero-order valence-corrected chi connectivity index (χ0v) is 21.6. The second-order valence-corrected chi connectivity index (χ2v) is 10.3. The van der Waals surface area contributed by atoms with E-state index in [-0.39, 0.29) is 17.2 Å². The summed E-state index contributed by atoms with van der Waals surface area (Å²) in [5.41, 5.74) is 2.52. The minimum Gasteiger partial charge on any atom is -0.343 e. The Kier molecular flexibility index (Phi) is 7.97. The van der Waals surface area contributed by atoms with E-state index < -0.39 is 0 Å². The van der Waals surface area contributed by atoms with Crippen LogP contribution in [-0.2, 0) is 17.9 Å². The predicted octanol–water partition coefficient (Wildman–Crippen LogP) is 5.05. The third-order valence-electron chi connectivity index (χ3n) is 5.55. The molecule has 9 heteroatoms. The van der Waals surface area contributed by atoms with Gasteiger partial charge in [0.05, 0.1) is 18.8 Å². The monoisotopic (exact) mass is 510 g/mol. The first-order chi connectivity index (χ1) is 16.5. The van der Waals surface area contributed by atoms with Crippen LogP contribution in [0, 0.1) is 3.95 Å². The molecule has 0 fully saturated rings. The van der Waals surface area contributed by atoms with Crippen LogP contribution in [-0.4, -0.2) is 43.8 Å². The lowest BCUT2D eigenvalue weighted by Crippen LogP contribution is -2.32. The number of carbonyl (C=O) groups is 1. The van der Waals surface area contributed by atoms with Crippen LogP contribution in [0.2, 0.25) is 0 Å². The fourth-order valence-electron chi connectivity index (χ4n) is 3.72. The molecule has 0 saturated carbocycles. The molecule has 0 saturated heterocycles. The normalized spacial score (nSPS) is 11.1. The van der Waals surface area contributed by atoms with Crippen LogP contribution < -0.4 is 5.56 Å². The average molecular weight is 511 g/mol. The lowest BCUT2D eigenvalue weighted by Gasteiger charge is -2.19. The summed E-state index contributed by atoms with van der Waals surface area (Å²) in [5.74, 6) is 0.250. The smallest absolute Gasteiger partial charge is 0.274 e. The fraction of sp³-hybridized carbons (Fsp3) is 0.280. The molecule has 176 valence electrons. The molecule has 0 aliphatic rings. The maximum absolute atomic E-state index is 13.6. The van der Waals surface area contributed by atoms with Crippen molar-refractivity contribution in [1.29, 1.82) is 0 Å². The fourth-order valence-corrected chi connectivity index (χ4v) is 5.89. The van der Waals surface area contributed by atoms with Crippen LogP contribution in [0.4, 0.5) is 0 Å². The van der Waals surface area contributed by atoms with Gasteiger partial charge in [-0.2, -0.15) is 0 Å². The van der Waals surface area contributed by atoms with E-state index in [4.69, 9.17) is 17.2 Å². The molecule has 2 heterocycles. The molecule has 0 bridgehead atoms. The first kappa shape index (κ1) is 24.4. The molecule has 0 aliphatic carbocycles. The Bertz CT molecular complexity index is 1390. The number of thioether (sulfide) groups is 1. The van der Waals surface area contributed by atoms with Gasteiger partial charge in [-0.25, -0.2) is 4.98 Å². The van der Waals surface area contributed by atoms with E-state index in [1.807, 2.05) is 79.1 Å². The first-order valence-corrected chi connectivity index (χ1v) is 13.4. The lowest BCUT2D eigenvalue weighted by molar-refractivity contribution is -0.127. The first-order valence-electron chi connectivity index (χ1n) is 11.1. The second-order valence-electron chi connectivity index (χ2n) is 7.72. The number of rotatable bonds is 9. The Morgan fingerprint density at radius 3 is 2.09 bits per heavy atom. The summed E-state index contributed by atoms with van der Waals surface area (Å²) in [7, 11) is 0. The molecule has 2 aromatic carbocycles. The standard InChI is InChI=1S/C25H26N4O2S3/c1-3-27(4-2)20(30)17-33-24-26-22-21(23(31)29(24)16-19-13-9-6-10-14-19)34-25(32)28(22)15-18-11-7-5-8-12-18/h5-14H,3-4,15-17H2,1-2H3. The summed E-state index contributed by atoms with van der Waals surface area (Å²) in [5, 5.41) is 0.525. The zero-order chi connectivity index (χ0) is 24.1. The summed E-state index contributed by atoms with van der Waals surface area (Å²) in [6.45, 7) is 6.15. The summed E-state index contributed by atoms with van der Waals surface area (Å²) in [4.78, 5) is 33.0. The van der Waals surface area contributed by atoms with Crippen molar-refractivity contribution < 1.29 is 4.79 Å². The van der Waals surface area contributed by atoms with Gasteiger partial charge in [0.25, 0.3) is 5.56 Å². The van der Waals surface area contributed by atoms with Gasteiger partial charge in [0.2, 0.25) is 5.91 Å². The highest BCUT2D eigenvalue weighted by molar-refractivity contribution is 7.99. The molecule has 0 N–H and O–H groups in total. The number of amides is 1. The van der Waals surface area contributed by atoms with Gasteiger partial charge in [-0.05, 0) is 37.2 Å². The molecule has 0 spiro atoms. The van der Waals surface area contributed by atoms with Gasteiger partial charge in [0, 0.05) is 13.1 Å². The molecule has 0 aliphatic heterocycles. The third-order valence-corrected chi connectivity index (χ3v) is 7.94. The topological polar surface area (TPSA) is 60.1 Å². The van der Waals surface area contributed by atoms with Crippen molar-refractivity contribution in [3.63, 3.8) is 0 Å². The maximum Gasteiger partial charge on any atom is 0.274 e. The summed E-state index contributed by atoms with van der Waals surface area (Å²) >= 11 is 8.22. The van der Waals surface area contributed by atoms with Gasteiger partial charge >= 0.3 is 0 Å². The van der Waals surface area contributed by atoms with E-state index in [9.17, 15) is 9.59 Å². The van der Waals surface area contributed by atoms with E-state index in [1.54, 1.807) is 9.47 Å². The molecule has 0 atom stereocenters. The predicted molar refractivity (Wildman–Crippen MR) is 142 cm³/mol. The van der Waals surface area contributed by atoms with Crippen molar-refractivity contribution in [2.45, 2.75) is 32.1 Å². The number of aromatic nitrogens is 3. The molecule has 6 nitrogen and oxygen atoms in total. The van der Waals surface area contributed by atoms with E-state index in [2.05, 4.69) is 0 Å².